The molecule has 0 spiro atoms. The van der Waals surface area contributed by atoms with Crippen LogP contribution in [0.2, 0.25) is 0 Å². The van der Waals surface area contributed by atoms with Gasteiger partial charge < -0.3 is 62.7 Å². The van der Waals surface area contributed by atoms with E-state index < -0.39 is 80.4 Å². The molecular formula is C66H67NO13. The quantitative estimate of drug-likeness (QED) is 0.0556. The lowest BCUT2D eigenvalue weighted by molar-refractivity contribution is -0.369. The number of hydrogen-bond acceptors (Lipinski definition) is 14. The van der Waals surface area contributed by atoms with E-state index in [2.05, 4.69) is 24.3 Å². The van der Waals surface area contributed by atoms with Gasteiger partial charge in [-0.3, -0.25) is 0 Å². The van der Waals surface area contributed by atoms with Crippen molar-refractivity contribution in [2.75, 3.05) is 20.3 Å². The third kappa shape index (κ3) is 13.0. The Morgan fingerprint density at radius 1 is 0.425 bits per heavy atom. The van der Waals surface area contributed by atoms with Crippen LogP contribution >= 0.6 is 0 Å². The Bertz CT molecular complexity index is 3130. The molecule has 14 heteroatoms. The van der Waals surface area contributed by atoms with Crippen molar-refractivity contribution in [3.05, 3.63) is 251 Å². The van der Waals surface area contributed by atoms with Crippen molar-refractivity contribution in [3.8, 4) is 11.5 Å². The SMILES string of the molecule is COc1ccc(O[C@@H]2O[C@H](COCc3ccccc3)[C@@H](O[C@@H]3O[C@H](CO)[C@@H](OCc4ccccc4)[C@H](OCc4ccc5ccccc5c4)[C@@H]3OCc3ccccc3)[C@H](OCc3ccccc3)[C@H]2N2C(O)c3ccccc3C2O)cc1. The summed E-state index contributed by atoms with van der Waals surface area (Å²) in [5.74, 6) is 1.05. The molecule has 2 fully saturated rings. The molecule has 0 aliphatic carbocycles. The van der Waals surface area contributed by atoms with E-state index in [9.17, 15) is 15.3 Å². The predicted molar refractivity (Wildman–Crippen MR) is 299 cm³/mol. The molecular weight excluding hydrogens is 1010 g/mol. The summed E-state index contributed by atoms with van der Waals surface area (Å²) in [6.45, 7) is 0.267. The first-order valence-corrected chi connectivity index (χ1v) is 27.2. The van der Waals surface area contributed by atoms with Gasteiger partial charge in [0.15, 0.2) is 6.29 Å². The first-order valence-electron chi connectivity index (χ1n) is 27.2. The maximum atomic E-state index is 12.5. The van der Waals surface area contributed by atoms with Crippen LogP contribution in [-0.2, 0) is 70.9 Å². The van der Waals surface area contributed by atoms with Gasteiger partial charge in [-0.05, 0) is 68.9 Å². The van der Waals surface area contributed by atoms with Crippen LogP contribution in [0.15, 0.2) is 212 Å². The summed E-state index contributed by atoms with van der Waals surface area (Å²) in [4.78, 5) is 1.55. The molecule has 414 valence electrons. The second-order valence-electron chi connectivity index (χ2n) is 20.2. The third-order valence-corrected chi connectivity index (χ3v) is 15.0. The van der Waals surface area contributed by atoms with Gasteiger partial charge in [0.25, 0.3) is 0 Å². The minimum absolute atomic E-state index is 0.0400. The minimum Gasteiger partial charge on any atom is -0.497 e. The molecule has 11 rings (SSSR count). The topological polar surface area (TPSA) is 156 Å². The molecule has 12 atom stereocenters. The van der Waals surface area contributed by atoms with Gasteiger partial charge in [-0.2, -0.15) is 0 Å². The summed E-state index contributed by atoms with van der Waals surface area (Å²) in [5.41, 5.74) is 5.53. The van der Waals surface area contributed by atoms with Gasteiger partial charge in [0.1, 0.15) is 72.7 Å². The van der Waals surface area contributed by atoms with E-state index >= 15 is 0 Å². The van der Waals surface area contributed by atoms with Crippen molar-refractivity contribution in [1.29, 1.82) is 0 Å². The molecule has 3 aliphatic rings. The van der Waals surface area contributed by atoms with Gasteiger partial charge in [0, 0.05) is 11.1 Å². The van der Waals surface area contributed by atoms with Gasteiger partial charge in [-0.1, -0.05) is 182 Å². The van der Waals surface area contributed by atoms with Gasteiger partial charge in [0.05, 0.1) is 53.4 Å². The molecule has 2 unspecified atom stereocenters. The number of benzene rings is 8. The average molecular weight is 1080 g/mol. The average Bonchev–Trinajstić information content (AvgIpc) is 3.84. The van der Waals surface area contributed by atoms with Crippen molar-refractivity contribution in [2.45, 2.75) is 107 Å². The fourth-order valence-electron chi connectivity index (χ4n) is 10.9. The van der Waals surface area contributed by atoms with E-state index in [-0.39, 0.29) is 39.6 Å². The van der Waals surface area contributed by atoms with Crippen LogP contribution in [0.5, 0.6) is 11.5 Å². The molecule has 0 saturated carbocycles. The summed E-state index contributed by atoms with van der Waals surface area (Å²) in [6.07, 6.45) is -12.2. The lowest BCUT2D eigenvalue weighted by Gasteiger charge is -2.52. The molecule has 0 amide bonds. The zero-order chi connectivity index (χ0) is 54.6. The van der Waals surface area contributed by atoms with Gasteiger partial charge in [0.2, 0.25) is 6.29 Å². The molecule has 8 aromatic rings. The largest absolute Gasteiger partial charge is 0.497 e. The minimum atomic E-state index is -1.34. The number of hydrogen-bond donors (Lipinski definition) is 3. The first kappa shape index (κ1) is 55.1. The van der Waals surface area contributed by atoms with Crippen LogP contribution < -0.4 is 9.47 Å². The summed E-state index contributed by atoms with van der Waals surface area (Å²) < 4.78 is 68.8. The van der Waals surface area contributed by atoms with Crippen LogP contribution in [0.4, 0.5) is 0 Å². The molecule has 2 saturated heterocycles. The number of aliphatic hydroxyl groups is 3. The highest BCUT2D eigenvalue weighted by atomic mass is 16.8. The smallest absolute Gasteiger partial charge is 0.218 e. The molecule has 80 heavy (non-hydrogen) atoms. The molecule has 3 heterocycles. The summed E-state index contributed by atoms with van der Waals surface area (Å²) in [7, 11) is 1.59. The maximum Gasteiger partial charge on any atom is 0.218 e. The third-order valence-electron chi connectivity index (χ3n) is 15.0. The van der Waals surface area contributed by atoms with Crippen LogP contribution in [0.25, 0.3) is 10.8 Å². The summed E-state index contributed by atoms with van der Waals surface area (Å²) in [6, 6.07) is 66.7. The van der Waals surface area contributed by atoms with E-state index in [1.165, 1.54) is 0 Å². The highest BCUT2D eigenvalue weighted by Crippen LogP contribution is 2.46. The van der Waals surface area contributed by atoms with Crippen molar-refractivity contribution in [2.24, 2.45) is 0 Å². The van der Waals surface area contributed by atoms with Crippen molar-refractivity contribution >= 4 is 10.8 Å². The second kappa shape index (κ2) is 26.6. The van der Waals surface area contributed by atoms with Gasteiger partial charge in [-0.25, -0.2) is 4.90 Å². The van der Waals surface area contributed by atoms with E-state index in [0.717, 1.165) is 38.6 Å². The van der Waals surface area contributed by atoms with Gasteiger partial charge >= 0.3 is 0 Å². The van der Waals surface area contributed by atoms with E-state index in [0.29, 0.717) is 22.6 Å². The van der Waals surface area contributed by atoms with Crippen molar-refractivity contribution in [3.63, 3.8) is 0 Å². The van der Waals surface area contributed by atoms with E-state index in [1.54, 1.807) is 48.4 Å². The number of aliphatic hydroxyl groups excluding tert-OH is 3. The van der Waals surface area contributed by atoms with Crippen LogP contribution in [0.3, 0.4) is 0 Å². The number of rotatable bonds is 23. The highest BCUT2D eigenvalue weighted by Gasteiger charge is 2.58. The Morgan fingerprint density at radius 3 is 1.48 bits per heavy atom. The van der Waals surface area contributed by atoms with Crippen molar-refractivity contribution in [1.82, 2.24) is 4.90 Å². The van der Waals surface area contributed by atoms with Crippen LogP contribution in [0.1, 0.15) is 51.4 Å². The zero-order valence-corrected chi connectivity index (χ0v) is 44.5. The fourth-order valence-corrected chi connectivity index (χ4v) is 10.9. The fraction of sp³-hybridized carbons (Fsp3) is 0.303. The Hall–Kier alpha value is -6.86. The maximum absolute atomic E-state index is 12.5. The normalized spacial score (nSPS) is 25.8. The van der Waals surface area contributed by atoms with Crippen LogP contribution in [-0.4, -0.2) is 102 Å². The number of nitrogens with zero attached hydrogens (tertiary/aromatic N) is 1. The standard InChI is InChI=1S/C66H67NO13/c1-71-51-32-34-52(35-33-51)77-65-57(67-63(69)53-28-16-17-29-54(53)64(67)70)60(74-40-46-22-10-4-11-23-46)59(56(79-65)43-72-38-44-18-6-2-7-19-44)80-66-62(76-41-47-24-12-5-13-25-47)61(75-42-48-30-31-49-26-14-15-27-50(49)36-48)58(55(37-68)78-66)73-39-45-20-8-3-9-21-45/h2-36,55-66,68-70H,37-43H2,1H3/t55-,56-,57-,58-,59-,60-,61+,62+,63?,64?,65-,66+/m1/s1. The second-order valence-corrected chi connectivity index (χ2v) is 20.2. The number of methoxy groups -OCH3 is 1. The van der Waals surface area contributed by atoms with Crippen LogP contribution in [0, 0.1) is 0 Å². The Labute approximate surface area is 466 Å². The molecule has 0 radical (unpaired) electrons. The molecule has 3 N–H and O–H groups in total. The Kier molecular flexibility index (Phi) is 18.3. The lowest BCUT2D eigenvalue weighted by Crippen LogP contribution is -2.69. The summed E-state index contributed by atoms with van der Waals surface area (Å²) >= 11 is 0. The number of ether oxygens (including phenoxy) is 10. The lowest BCUT2D eigenvalue weighted by atomic mass is 9.93. The zero-order valence-electron chi connectivity index (χ0n) is 44.5. The molecule has 0 aromatic heterocycles. The Morgan fingerprint density at radius 2 is 0.900 bits per heavy atom. The molecule has 8 aromatic carbocycles. The van der Waals surface area contributed by atoms with Gasteiger partial charge in [-0.15, -0.1) is 0 Å². The van der Waals surface area contributed by atoms with E-state index in [1.807, 2.05) is 152 Å². The highest BCUT2D eigenvalue weighted by molar-refractivity contribution is 5.83. The van der Waals surface area contributed by atoms with Crippen molar-refractivity contribution < 1.29 is 62.7 Å². The molecule has 14 nitrogen and oxygen atoms in total. The first-order chi connectivity index (χ1) is 39.4. The monoisotopic (exact) mass is 1080 g/mol. The summed E-state index contributed by atoms with van der Waals surface area (Å²) in [5, 5.41) is 38.6. The van der Waals surface area contributed by atoms with E-state index in [4.69, 9.17) is 47.4 Å². The number of fused-ring (bicyclic) bond motifs is 2. The predicted octanol–water partition coefficient (Wildman–Crippen LogP) is 9.98. The molecule has 3 aliphatic heterocycles. The molecule has 0 bridgehead atoms. The Balaban J connectivity index is 1.02.